The molecule has 1 aromatic rings. The number of anilines is 1. The summed E-state index contributed by atoms with van der Waals surface area (Å²) in [5, 5.41) is 4.09. The summed E-state index contributed by atoms with van der Waals surface area (Å²) in [5.74, 6) is 0. The first-order valence-electron chi connectivity index (χ1n) is 4.99. The van der Waals surface area contributed by atoms with Crippen molar-refractivity contribution in [1.82, 2.24) is 5.32 Å². The van der Waals surface area contributed by atoms with Crippen LogP contribution in [0.2, 0.25) is 0 Å². The van der Waals surface area contributed by atoms with Crippen LogP contribution in [0.15, 0.2) is 23.1 Å². The molecule has 1 atom stereocenters. The average Bonchev–Trinajstić information content (AvgIpc) is 2.64. The minimum absolute atomic E-state index is 0.718. The SMILES string of the molecule is Cc1ccc(N)cc1SC1CCNC1. The minimum Gasteiger partial charge on any atom is -0.399 e. The van der Waals surface area contributed by atoms with Crippen molar-refractivity contribution in [2.24, 2.45) is 0 Å². The highest BCUT2D eigenvalue weighted by Crippen LogP contribution is 2.30. The number of aryl methyl sites for hydroxylation is 1. The van der Waals surface area contributed by atoms with Crippen molar-refractivity contribution >= 4 is 17.4 Å². The second-order valence-electron chi connectivity index (χ2n) is 3.76. The van der Waals surface area contributed by atoms with E-state index in [2.05, 4.69) is 24.4 Å². The molecule has 1 unspecified atom stereocenters. The van der Waals surface area contributed by atoms with Crippen molar-refractivity contribution in [2.45, 2.75) is 23.5 Å². The van der Waals surface area contributed by atoms with E-state index in [9.17, 15) is 0 Å². The lowest BCUT2D eigenvalue weighted by Crippen LogP contribution is -2.10. The second kappa shape index (κ2) is 4.24. The van der Waals surface area contributed by atoms with Crippen LogP contribution in [0.3, 0.4) is 0 Å². The van der Waals surface area contributed by atoms with Gasteiger partial charge in [0, 0.05) is 22.4 Å². The highest BCUT2D eigenvalue weighted by Gasteiger charge is 2.16. The molecule has 2 nitrogen and oxygen atoms in total. The zero-order valence-corrected chi connectivity index (χ0v) is 9.23. The van der Waals surface area contributed by atoms with Crippen molar-refractivity contribution in [1.29, 1.82) is 0 Å². The lowest BCUT2D eigenvalue weighted by molar-refractivity contribution is 0.858. The number of hydrogen-bond donors (Lipinski definition) is 2. The summed E-state index contributed by atoms with van der Waals surface area (Å²) in [6.07, 6.45) is 1.26. The van der Waals surface area contributed by atoms with E-state index in [0.717, 1.165) is 24.0 Å². The van der Waals surface area contributed by atoms with Crippen LogP contribution in [0.5, 0.6) is 0 Å². The lowest BCUT2D eigenvalue weighted by atomic mass is 10.2. The molecule has 3 heteroatoms. The quantitative estimate of drug-likeness (QED) is 0.730. The van der Waals surface area contributed by atoms with E-state index in [4.69, 9.17) is 5.73 Å². The van der Waals surface area contributed by atoms with Gasteiger partial charge in [0.2, 0.25) is 0 Å². The number of nitrogens with two attached hydrogens (primary N) is 1. The molecule has 1 aliphatic rings. The topological polar surface area (TPSA) is 38.0 Å². The normalized spacial score (nSPS) is 21.4. The summed E-state index contributed by atoms with van der Waals surface area (Å²) in [5.41, 5.74) is 7.97. The first-order valence-corrected chi connectivity index (χ1v) is 5.87. The Bertz CT molecular complexity index is 319. The molecule has 0 aromatic heterocycles. The molecular weight excluding hydrogens is 192 g/mol. The number of hydrogen-bond acceptors (Lipinski definition) is 3. The summed E-state index contributed by atoms with van der Waals surface area (Å²) in [6.45, 7) is 4.42. The Morgan fingerprint density at radius 3 is 3.07 bits per heavy atom. The van der Waals surface area contributed by atoms with Crippen molar-refractivity contribution in [3.63, 3.8) is 0 Å². The maximum atomic E-state index is 5.77. The van der Waals surface area contributed by atoms with E-state index in [1.54, 1.807) is 0 Å². The number of thioether (sulfide) groups is 1. The summed E-state index contributed by atoms with van der Waals surface area (Å²) < 4.78 is 0. The van der Waals surface area contributed by atoms with Crippen molar-refractivity contribution in [3.05, 3.63) is 23.8 Å². The summed E-state index contributed by atoms with van der Waals surface area (Å²) >= 11 is 1.95. The fraction of sp³-hybridized carbons (Fsp3) is 0.455. The molecule has 0 amide bonds. The third-order valence-electron chi connectivity index (χ3n) is 2.52. The van der Waals surface area contributed by atoms with Gasteiger partial charge in [-0.25, -0.2) is 0 Å². The molecule has 1 heterocycles. The van der Waals surface area contributed by atoms with Crippen LogP contribution in [0.4, 0.5) is 5.69 Å². The standard InChI is InChI=1S/C11H16N2S/c1-8-2-3-9(12)6-11(8)14-10-4-5-13-7-10/h2-3,6,10,13H,4-5,7,12H2,1H3. The van der Waals surface area contributed by atoms with Gasteiger partial charge in [-0.3, -0.25) is 0 Å². The van der Waals surface area contributed by atoms with Gasteiger partial charge >= 0.3 is 0 Å². The monoisotopic (exact) mass is 208 g/mol. The summed E-state index contributed by atoms with van der Waals surface area (Å²) in [4.78, 5) is 1.33. The Labute approximate surface area is 89.3 Å². The van der Waals surface area contributed by atoms with E-state index in [0.29, 0.717) is 0 Å². The van der Waals surface area contributed by atoms with Gasteiger partial charge in [-0.15, -0.1) is 11.8 Å². The Morgan fingerprint density at radius 2 is 2.36 bits per heavy atom. The Kier molecular flexibility index (Phi) is 2.99. The number of rotatable bonds is 2. The molecule has 0 aliphatic carbocycles. The first kappa shape index (κ1) is 9.87. The van der Waals surface area contributed by atoms with Crippen LogP contribution in [0.1, 0.15) is 12.0 Å². The Balaban J connectivity index is 2.10. The average molecular weight is 208 g/mol. The van der Waals surface area contributed by atoms with E-state index in [1.807, 2.05) is 17.8 Å². The molecule has 0 radical (unpaired) electrons. The van der Waals surface area contributed by atoms with Crippen LogP contribution < -0.4 is 11.1 Å². The van der Waals surface area contributed by atoms with Gasteiger partial charge in [0.05, 0.1) is 0 Å². The van der Waals surface area contributed by atoms with Crippen LogP contribution in [-0.2, 0) is 0 Å². The lowest BCUT2D eigenvalue weighted by Gasteiger charge is -2.11. The maximum Gasteiger partial charge on any atom is 0.0325 e. The molecule has 3 N–H and O–H groups in total. The minimum atomic E-state index is 0.718. The summed E-state index contributed by atoms with van der Waals surface area (Å²) in [7, 11) is 0. The first-order chi connectivity index (χ1) is 6.75. The van der Waals surface area contributed by atoms with Crippen LogP contribution in [0.25, 0.3) is 0 Å². The molecule has 1 aliphatic heterocycles. The molecule has 1 saturated heterocycles. The van der Waals surface area contributed by atoms with Gasteiger partial charge in [0.25, 0.3) is 0 Å². The zero-order chi connectivity index (χ0) is 9.97. The van der Waals surface area contributed by atoms with Crippen molar-refractivity contribution in [3.8, 4) is 0 Å². The second-order valence-corrected chi connectivity index (χ2v) is 5.10. The van der Waals surface area contributed by atoms with Gasteiger partial charge < -0.3 is 11.1 Å². The van der Waals surface area contributed by atoms with Gasteiger partial charge in [-0.1, -0.05) is 6.07 Å². The maximum absolute atomic E-state index is 5.77. The smallest absolute Gasteiger partial charge is 0.0325 e. The Morgan fingerprint density at radius 1 is 1.50 bits per heavy atom. The third kappa shape index (κ3) is 2.22. The fourth-order valence-electron chi connectivity index (χ4n) is 1.65. The van der Waals surface area contributed by atoms with Gasteiger partial charge in [0.1, 0.15) is 0 Å². The molecule has 2 rings (SSSR count). The fourth-order valence-corrected chi connectivity index (χ4v) is 2.91. The predicted octanol–water partition coefficient (Wildman–Crippen LogP) is 2.03. The van der Waals surface area contributed by atoms with E-state index in [1.165, 1.54) is 16.9 Å². The molecule has 0 spiro atoms. The molecule has 0 bridgehead atoms. The highest BCUT2D eigenvalue weighted by atomic mass is 32.2. The number of nitrogens with one attached hydrogen (secondary N) is 1. The van der Waals surface area contributed by atoms with Crippen LogP contribution >= 0.6 is 11.8 Å². The van der Waals surface area contributed by atoms with Crippen LogP contribution in [-0.4, -0.2) is 18.3 Å². The molecule has 76 valence electrons. The number of nitrogen functional groups attached to an aromatic ring is 1. The zero-order valence-electron chi connectivity index (χ0n) is 8.42. The Hall–Kier alpha value is -0.670. The molecule has 0 saturated carbocycles. The van der Waals surface area contributed by atoms with Gasteiger partial charge in [0.15, 0.2) is 0 Å². The van der Waals surface area contributed by atoms with Crippen molar-refractivity contribution < 1.29 is 0 Å². The predicted molar refractivity (Wildman–Crippen MR) is 62.7 cm³/mol. The van der Waals surface area contributed by atoms with Gasteiger partial charge in [-0.2, -0.15) is 0 Å². The molecular formula is C11H16N2S. The van der Waals surface area contributed by atoms with Crippen LogP contribution in [0, 0.1) is 6.92 Å². The molecule has 1 aromatic carbocycles. The van der Waals surface area contributed by atoms with Gasteiger partial charge in [-0.05, 0) is 37.6 Å². The third-order valence-corrected chi connectivity index (χ3v) is 3.95. The summed E-state index contributed by atoms with van der Waals surface area (Å²) in [6, 6.07) is 6.14. The number of benzene rings is 1. The van der Waals surface area contributed by atoms with E-state index < -0.39 is 0 Å². The van der Waals surface area contributed by atoms with E-state index >= 15 is 0 Å². The molecule has 1 fully saturated rings. The highest BCUT2D eigenvalue weighted by molar-refractivity contribution is 8.00. The molecule has 14 heavy (non-hydrogen) atoms. The van der Waals surface area contributed by atoms with E-state index in [-0.39, 0.29) is 0 Å². The van der Waals surface area contributed by atoms with Crippen molar-refractivity contribution in [2.75, 3.05) is 18.8 Å². The largest absolute Gasteiger partial charge is 0.399 e.